The van der Waals surface area contributed by atoms with Gasteiger partial charge in [-0.2, -0.15) is 0 Å². The molecular formula is C44H28S3. The fraction of sp³-hybridized carbons (Fsp3) is 0. The Morgan fingerprint density at radius 1 is 0.234 bits per heavy atom. The maximum Gasteiger partial charge on any atom is 0.0636 e. The highest BCUT2D eigenvalue weighted by molar-refractivity contribution is 7.40. The van der Waals surface area contributed by atoms with Crippen molar-refractivity contribution in [3.8, 4) is 65.4 Å². The van der Waals surface area contributed by atoms with Crippen LogP contribution in [0.4, 0.5) is 0 Å². The fourth-order valence-electron chi connectivity index (χ4n) is 6.35. The summed E-state index contributed by atoms with van der Waals surface area (Å²) < 4.78 is 5.52. The molecule has 0 aliphatic rings. The van der Waals surface area contributed by atoms with Gasteiger partial charge in [-0.05, 0) is 104 Å². The van der Waals surface area contributed by atoms with E-state index < -0.39 is 0 Å². The molecule has 0 saturated carbocycles. The molecule has 0 spiro atoms. The molecule has 0 unspecified atom stereocenters. The highest BCUT2D eigenvalue weighted by Gasteiger charge is 2.17. The van der Waals surface area contributed by atoms with Crippen LogP contribution in [0.15, 0.2) is 170 Å². The van der Waals surface area contributed by atoms with Gasteiger partial charge in [0.15, 0.2) is 0 Å². The molecule has 3 heterocycles. The van der Waals surface area contributed by atoms with Crippen LogP contribution in [0.1, 0.15) is 0 Å². The molecule has 0 atom stereocenters. The van der Waals surface area contributed by atoms with Crippen molar-refractivity contribution in [2.75, 3.05) is 0 Å². The van der Waals surface area contributed by atoms with E-state index in [1.165, 1.54) is 84.2 Å². The standard InChI is InChI=1S/C44H28S3/c1-5-13-29(14-6-1)33-21-34(30-15-7-2-8-16-30)24-37(23-33)39-27-41-43(46-39)44-42(45-41)28-40(47-44)38-25-35(31-17-9-3-10-18-31)22-36(26-38)32-19-11-4-12-20-32/h1-28H. The smallest absolute Gasteiger partial charge is 0.0636 e. The molecule has 9 rings (SSSR count). The zero-order chi connectivity index (χ0) is 31.2. The first-order valence-corrected chi connectivity index (χ1v) is 18.2. The van der Waals surface area contributed by atoms with E-state index in [2.05, 4.69) is 170 Å². The van der Waals surface area contributed by atoms with E-state index in [1.807, 2.05) is 34.0 Å². The second-order valence-corrected chi connectivity index (χ2v) is 15.0. The zero-order valence-corrected chi connectivity index (χ0v) is 27.8. The van der Waals surface area contributed by atoms with Crippen molar-refractivity contribution < 1.29 is 0 Å². The van der Waals surface area contributed by atoms with Crippen LogP contribution in [0, 0.1) is 0 Å². The molecule has 47 heavy (non-hydrogen) atoms. The van der Waals surface area contributed by atoms with E-state index in [0.29, 0.717) is 0 Å². The van der Waals surface area contributed by atoms with E-state index in [4.69, 9.17) is 0 Å². The molecule has 0 aliphatic carbocycles. The first-order valence-electron chi connectivity index (χ1n) is 15.7. The second kappa shape index (κ2) is 11.9. The van der Waals surface area contributed by atoms with Gasteiger partial charge in [0, 0.05) is 19.2 Å². The van der Waals surface area contributed by atoms with Crippen LogP contribution in [0.25, 0.3) is 84.2 Å². The highest BCUT2D eigenvalue weighted by atomic mass is 32.1. The lowest BCUT2D eigenvalue weighted by Gasteiger charge is -2.10. The summed E-state index contributed by atoms with van der Waals surface area (Å²) in [5.74, 6) is 0. The van der Waals surface area contributed by atoms with E-state index in [9.17, 15) is 0 Å². The second-order valence-electron chi connectivity index (χ2n) is 11.8. The summed E-state index contributed by atoms with van der Waals surface area (Å²) in [6.07, 6.45) is 0. The quantitative estimate of drug-likeness (QED) is 0.168. The molecule has 0 bridgehead atoms. The lowest BCUT2D eigenvalue weighted by Crippen LogP contribution is -1.84. The summed E-state index contributed by atoms with van der Waals surface area (Å²) in [5, 5.41) is 0. The molecule has 222 valence electrons. The van der Waals surface area contributed by atoms with E-state index in [0.717, 1.165) is 0 Å². The van der Waals surface area contributed by atoms with Crippen LogP contribution < -0.4 is 0 Å². The molecule has 6 aromatic carbocycles. The first-order chi connectivity index (χ1) is 23.2. The van der Waals surface area contributed by atoms with Crippen molar-refractivity contribution in [3.63, 3.8) is 0 Å². The van der Waals surface area contributed by atoms with Gasteiger partial charge in [-0.25, -0.2) is 0 Å². The van der Waals surface area contributed by atoms with Crippen molar-refractivity contribution >= 4 is 52.8 Å². The van der Waals surface area contributed by atoms with Gasteiger partial charge in [-0.1, -0.05) is 121 Å². The summed E-state index contributed by atoms with van der Waals surface area (Å²) in [7, 11) is 0. The molecule has 3 aromatic heterocycles. The first kappa shape index (κ1) is 28.2. The molecule has 9 aromatic rings. The molecule has 3 heteroatoms. The van der Waals surface area contributed by atoms with Gasteiger partial charge in [0.1, 0.15) is 0 Å². The van der Waals surface area contributed by atoms with Crippen LogP contribution in [-0.2, 0) is 0 Å². The average Bonchev–Trinajstić information content (AvgIpc) is 3.84. The summed E-state index contributed by atoms with van der Waals surface area (Å²) >= 11 is 5.76. The summed E-state index contributed by atoms with van der Waals surface area (Å²) in [4.78, 5) is 2.63. The van der Waals surface area contributed by atoms with Crippen molar-refractivity contribution in [1.82, 2.24) is 0 Å². The molecule has 0 fully saturated rings. The van der Waals surface area contributed by atoms with Gasteiger partial charge in [-0.3, -0.25) is 0 Å². The average molecular weight is 653 g/mol. The third-order valence-electron chi connectivity index (χ3n) is 8.69. The number of thiophene rings is 3. The number of fused-ring (bicyclic) bond motifs is 3. The normalized spacial score (nSPS) is 11.4. The largest absolute Gasteiger partial charge is 0.133 e. The van der Waals surface area contributed by atoms with Crippen LogP contribution in [0.3, 0.4) is 0 Å². The predicted molar refractivity (Wildman–Crippen MR) is 208 cm³/mol. The van der Waals surface area contributed by atoms with Crippen molar-refractivity contribution in [2.45, 2.75) is 0 Å². The molecule has 0 nitrogen and oxygen atoms in total. The lowest BCUT2D eigenvalue weighted by molar-refractivity contribution is 1.59. The molecule has 0 radical (unpaired) electrons. The van der Waals surface area contributed by atoms with Crippen LogP contribution in [-0.4, -0.2) is 0 Å². The van der Waals surface area contributed by atoms with Gasteiger partial charge in [0.2, 0.25) is 0 Å². The maximum absolute atomic E-state index is 2.40. The van der Waals surface area contributed by atoms with Crippen molar-refractivity contribution in [2.24, 2.45) is 0 Å². The number of rotatable bonds is 6. The topological polar surface area (TPSA) is 0 Å². The number of hydrogen-bond donors (Lipinski definition) is 0. The number of hydrogen-bond acceptors (Lipinski definition) is 3. The van der Waals surface area contributed by atoms with Gasteiger partial charge in [0.25, 0.3) is 0 Å². The predicted octanol–water partition coefficient (Wildman–Crippen LogP) is 14.2. The van der Waals surface area contributed by atoms with Gasteiger partial charge in [0.05, 0.1) is 9.40 Å². The Hall–Kier alpha value is -5.06. The Morgan fingerprint density at radius 2 is 0.511 bits per heavy atom. The third-order valence-corrected chi connectivity index (χ3v) is 12.6. The molecule has 0 saturated heterocycles. The summed E-state index contributed by atoms with van der Waals surface area (Å²) in [5.41, 5.74) is 12.5. The maximum atomic E-state index is 2.40. The Balaban J connectivity index is 1.16. The summed E-state index contributed by atoms with van der Waals surface area (Å²) in [6.45, 7) is 0. The minimum absolute atomic E-state index is 1.24. The minimum atomic E-state index is 1.24. The van der Waals surface area contributed by atoms with Crippen LogP contribution in [0.5, 0.6) is 0 Å². The SMILES string of the molecule is c1ccc(-c2cc(-c3ccccc3)cc(-c3cc4sc5cc(-c6cc(-c7ccccc7)cc(-c7ccccc7)c6)sc5c4s3)c2)cc1. The van der Waals surface area contributed by atoms with E-state index >= 15 is 0 Å². The third kappa shape index (κ3) is 5.43. The molecule has 0 aliphatic heterocycles. The van der Waals surface area contributed by atoms with Crippen molar-refractivity contribution in [1.29, 1.82) is 0 Å². The van der Waals surface area contributed by atoms with Crippen molar-refractivity contribution in [3.05, 3.63) is 170 Å². The minimum Gasteiger partial charge on any atom is -0.133 e. The Labute approximate surface area is 286 Å². The number of benzene rings is 6. The van der Waals surface area contributed by atoms with Crippen LogP contribution >= 0.6 is 34.0 Å². The van der Waals surface area contributed by atoms with E-state index in [1.54, 1.807) is 0 Å². The Kier molecular flexibility index (Phi) is 7.16. The van der Waals surface area contributed by atoms with Gasteiger partial charge >= 0.3 is 0 Å². The lowest BCUT2D eigenvalue weighted by atomic mass is 9.95. The zero-order valence-electron chi connectivity index (χ0n) is 25.4. The van der Waals surface area contributed by atoms with E-state index in [-0.39, 0.29) is 0 Å². The Morgan fingerprint density at radius 3 is 0.809 bits per heavy atom. The monoisotopic (exact) mass is 652 g/mol. The molecule has 0 amide bonds. The summed E-state index contributed by atoms with van der Waals surface area (Å²) in [6, 6.07) is 61.8. The fourth-order valence-corrected chi connectivity index (χ4v) is 10.3. The van der Waals surface area contributed by atoms with Gasteiger partial charge in [-0.15, -0.1) is 34.0 Å². The molecular weight excluding hydrogens is 625 g/mol. The van der Waals surface area contributed by atoms with Gasteiger partial charge < -0.3 is 0 Å². The molecule has 0 N–H and O–H groups in total. The Bertz CT molecular complexity index is 2190. The van der Waals surface area contributed by atoms with Crippen LogP contribution in [0.2, 0.25) is 0 Å². The highest BCUT2D eigenvalue weighted by Crippen LogP contribution is 2.49.